The van der Waals surface area contributed by atoms with E-state index in [1.165, 1.54) is 0 Å². The van der Waals surface area contributed by atoms with Gasteiger partial charge in [0.15, 0.2) is 0 Å². The average Bonchev–Trinajstić information content (AvgIpc) is 2.28. The summed E-state index contributed by atoms with van der Waals surface area (Å²) in [5.74, 6) is 0. The van der Waals surface area contributed by atoms with Crippen molar-refractivity contribution in [3.8, 4) is 0 Å². The number of piperidine rings is 1. The van der Waals surface area contributed by atoms with Gasteiger partial charge in [-0.05, 0) is 40.2 Å². The van der Waals surface area contributed by atoms with Gasteiger partial charge in [0.05, 0.1) is 18.8 Å². The Labute approximate surface area is 109 Å². The summed E-state index contributed by atoms with van der Waals surface area (Å²) >= 11 is 0. The first-order chi connectivity index (χ1) is 8.40. The molecular formula is C13H24N2O3. The van der Waals surface area contributed by atoms with E-state index >= 15 is 0 Å². The quantitative estimate of drug-likeness (QED) is 0.711. The van der Waals surface area contributed by atoms with E-state index in [9.17, 15) is 4.79 Å². The van der Waals surface area contributed by atoms with Gasteiger partial charge < -0.3 is 19.7 Å². The first-order valence-corrected chi connectivity index (χ1v) is 6.73. The molecule has 0 radical (unpaired) electrons. The molecule has 0 aromatic rings. The molecule has 2 aliphatic rings. The summed E-state index contributed by atoms with van der Waals surface area (Å²) in [4.78, 5) is 13.8. The Morgan fingerprint density at radius 2 is 2.22 bits per heavy atom. The molecule has 18 heavy (non-hydrogen) atoms. The van der Waals surface area contributed by atoms with Crippen LogP contribution < -0.4 is 5.32 Å². The lowest BCUT2D eigenvalue weighted by atomic mass is 9.92. The van der Waals surface area contributed by atoms with E-state index in [0.717, 1.165) is 25.9 Å². The highest BCUT2D eigenvalue weighted by atomic mass is 16.6. The zero-order valence-corrected chi connectivity index (χ0v) is 11.6. The SMILES string of the molecule is CC(C)(C)OC(=O)N1CCOC2(CCCNC2)C1. The summed E-state index contributed by atoms with van der Waals surface area (Å²) in [6, 6.07) is 0. The van der Waals surface area contributed by atoms with E-state index in [2.05, 4.69) is 5.32 Å². The second-order valence-electron chi connectivity index (χ2n) is 6.21. The van der Waals surface area contributed by atoms with Crippen molar-refractivity contribution in [2.75, 3.05) is 32.8 Å². The van der Waals surface area contributed by atoms with Crippen LogP contribution in [0.25, 0.3) is 0 Å². The molecule has 2 aliphatic heterocycles. The van der Waals surface area contributed by atoms with Gasteiger partial charge in [-0.2, -0.15) is 0 Å². The van der Waals surface area contributed by atoms with Gasteiger partial charge in [0, 0.05) is 13.1 Å². The van der Waals surface area contributed by atoms with Crippen LogP contribution in [-0.4, -0.2) is 55.0 Å². The molecule has 0 saturated carbocycles. The third kappa shape index (κ3) is 3.36. The molecule has 1 N–H and O–H groups in total. The Kier molecular flexibility index (Phi) is 3.82. The van der Waals surface area contributed by atoms with Crippen molar-refractivity contribution in [1.82, 2.24) is 10.2 Å². The topological polar surface area (TPSA) is 50.8 Å². The highest BCUT2D eigenvalue weighted by Gasteiger charge is 2.40. The van der Waals surface area contributed by atoms with Gasteiger partial charge in [0.25, 0.3) is 0 Å². The highest BCUT2D eigenvalue weighted by Crippen LogP contribution is 2.26. The summed E-state index contributed by atoms with van der Waals surface area (Å²) in [5, 5.41) is 3.35. The number of nitrogens with one attached hydrogen (secondary N) is 1. The van der Waals surface area contributed by atoms with Crippen molar-refractivity contribution >= 4 is 6.09 Å². The van der Waals surface area contributed by atoms with E-state index in [-0.39, 0.29) is 11.7 Å². The zero-order valence-electron chi connectivity index (χ0n) is 11.6. The maximum Gasteiger partial charge on any atom is 0.410 e. The largest absolute Gasteiger partial charge is 0.444 e. The number of carbonyl (C=O) groups is 1. The molecule has 1 atom stereocenters. The van der Waals surface area contributed by atoms with Crippen molar-refractivity contribution in [3.05, 3.63) is 0 Å². The minimum atomic E-state index is -0.437. The molecule has 1 spiro atoms. The lowest BCUT2D eigenvalue weighted by Gasteiger charge is -2.45. The van der Waals surface area contributed by atoms with Crippen molar-refractivity contribution in [1.29, 1.82) is 0 Å². The summed E-state index contributed by atoms with van der Waals surface area (Å²) in [6.07, 6.45) is 1.89. The Morgan fingerprint density at radius 3 is 2.83 bits per heavy atom. The van der Waals surface area contributed by atoms with Gasteiger partial charge in [0.2, 0.25) is 0 Å². The minimum Gasteiger partial charge on any atom is -0.444 e. The molecule has 2 fully saturated rings. The minimum absolute atomic E-state index is 0.201. The molecule has 104 valence electrons. The first-order valence-electron chi connectivity index (χ1n) is 6.73. The predicted octanol–water partition coefficient (Wildman–Crippen LogP) is 1.38. The van der Waals surface area contributed by atoms with Crippen molar-refractivity contribution < 1.29 is 14.3 Å². The smallest absolute Gasteiger partial charge is 0.410 e. The number of carbonyl (C=O) groups excluding carboxylic acids is 1. The summed E-state index contributed by atoms with van der Waals surface area (Å²) < 4.78 is 11.3. The Balaban J connectivity index is 1.95. The molecule has 1 unspecified atom stereocenters. The number of morpholine rings is 1. The summed E-state index contributed by atoms with van der Waals surface area (Å²) in [6.45, 7) is 9.40. The number of hydrogen-bond donors (Lipinski definition) is 1. The van der Waals surface area contributed by atoms with Gasteiger partial charge in [-0.3, -0.25) is 0 Å². The van der Waals surface area contributed by atoms with Gasteiger partial charge in [-0.25, -0.2) is 4.79 Å². The van der Waals surface area contributed by atoms with Crippen LogP contribution in [0.5, 0.6) is 0 Å². The molecule has 0 aliphatic carbocycles. The maximum atomic E-state index is 12.1. The lowest BCUT2D eigenvalue weighted by molar-refractivity contribution is -0.117. The molecule has 0 aromatic carbocycles. The second kappa shape index (κ2) is 5.05. The zero-order chi connectivity index (χ0) is 13.2. The maximum absolute atomic E-state index is 12.1. The van der Waals surface area contributed by atoms with Crippen LogP contribution in [0.4, 0.5) is 4.79 Å². The first kappa shape index (κ1) is 13.6. The molecule has 2 rings (SSSR count). The molecule has 0 aromatic heterocycles. The van der Waals surface area contributed by atoms with Crippen LogP contribution in [0.1, 0.15) is 33.6 Å². The number of nitrogens with zero attached hydrogens (tertiary/aromatic N) is 1. The van der Waals surface area contributed by atoms with Gasteiger partial charge in [-0.1, -0.05) is 0 Å². The van der Waals surface area contributed by atoms with Crippen molar-refractivity contribution in [2.45, 2.75) is 44.8 Å². The van der Waals surface area contributed by atoms with Crippen LogP contribution in [0.2, 0.25) is 0 Å². The van der Waals surface area contributed by atoms with Gasteiger partial charge >= 0.3 is 6.09 Å². The lowest BCUT2D eigenvalue weighted by Crippen LogP contribution is -2.60. The standard InChI is InChI=1S/C13H24N2O3/c1-12(2,3)18-11(16)15-7-8-17-13(10-15)5-4-6-14-9-13/h14H,4-10H2,1-3H3. The number of amides is 1. The fourth-order valence-electron chi connectivity index (χ4n) is 2.53. The second-order valence-corrected chi connectivity index (χ2v) is 6.21. The van der Waals surface area contributed by atoms with E-state index in [4.69, 9.17) is 9.47 Å². The van der Waals surface area contributed by atoms with Crippen LogP contribution >= 0.6 is 0 Å². The molecule has 1 amide bonds. The molecule has 2 heterocycles. The summed E-state index contributed by atoms with van der Waals surface area (Å²) in [7, 11) is 0. The normalized spacial score (nSPS) is 29.4. The van der Waals surface area contributed by atoms with Crippen LogP contribution in [-0.2, 0) is 9.47 Å². The van der Waals surface area contributed by atoms with E-state index in [0.29, 0.717) is 19.7 Å². The number of ether oxygens (including phenoxy) is 2. The molecule has 0 bridgehead atoms. The average molecular weight is 256 g/mol. The Morgan fingerprint density at radius 1 is 1.44 bits per heavy atom. The van der Waals surface area contributed by atoms with Crippen LogP contribution in [0.3, 0.4) is 0 Å². The molecule has 5 heteroatoms. The molecule has 2 saturated heterocycles. The Hall–Kier alpha value is -0.810. The monoisotopic (exact) mass is 256 g/mol. The van der Waals surface area contributed by atoms with Crippen LogP contribution in [0, 0.1) is 0 Å². The number of rotatable bonds is 0. The third-order valence-corrected chi connectivity index (χ3v) is 3.33. The van der Waals surface area contributed by atoms with Crippen LogP contribution in [0.15, 0.2) is 0 Å². The van der Waals surface area contributed by atoms with Crippen molar-refractivity contribution in [3.63, 3.8) is 0 Å². The fraction of sp³-hybridized carbons (Fsp3) is 0.923. The molecular weight excluding hydrogens is 232 g/mol. The third-order valence-electron chi connectivity index (χ3n) is 3.33. The highest BCUT2D eigenvalue weighted by molar-refractivity contribution is 5.68. The van der Waals surface area contributed by atoms with Gasteiger partial charge in [0.1, 0.15) is 5.60 Å². The number of hydrogen-bond acceptors (Lipinski definition) is 4. The van der Waals surface area contributed by atoms with Crippen molar-refractivity contribution in [2.24, 2.45) is 0 Å². The fourth-order valence-corrected chi connectivity index (χ4v) is 2.53. The summed E-state index contributed by atoms with van der Waals surface area (Å²) in [5.41, 5.74) is -0.638. The Bertz CT molecular complexity index is 300. The predicted molar refractivity (Wildman–Crippen MR) is 68.6 cm³/mol. The molecule has 5 nitrogen and oxygen atoms in total. The van der Waals surface area contributed by atoms with Gasteiger partial charge in [-0.15, -0.1) is 0 Å². The van der Waals surface area contributed by atoms with E-state index in [1.807, 2.05) is 20.8 Å². The van der Waals surface area contributed by atoms with E-state index in [1.54, 1.807) is 4.90 Å². The van der Waals surface area contributed by atoms with E-state index < -0.39 is 5.60 Å².